The van der Waals surface area contributed by atoms with Crippen molar-refractivity contribution in [3.63, 3.8) is 0 Å². The molecule has 22 heavy (non-hydrogen) atoms. The molecule has 3 rings (SSSR count). The van der Waals surface area contributed by atoms with Gasteiger partial charge in [-0.3, -0.25) is 0 Å². The summed E-state index contributed by atoms with van der Waals surface area (Å²) in [5.41, 5.74) is 4.48. The average molecular weight is 291 g/mol. The van der Waals surface area contributed by atoms with Crippen molar-refractivity contribution in [1.29, 1.82) is 0 Å². The van der Waals surface area contributed by atoms with Gasteiger partial charge in [0, 0.05) is 17.0 Å². The van der Waals surface area contributed by atoms with Gasteiger partial charge in [-0.2, -0.15) is 0 Å². The number of hydrogen-bond donors (Lipinski definition) is 0. The molecular weight excluding hydrogens is 270 g/mol. The number of fused-ring (bicyclic) bond motifs is 1. The van der Waals surface area contributed by atoms with E-state index in [0.717, 1.165) is 22.5 Å². The van der Waals surface area contributed by atoms with E-state index >= 15 is 0 Å². The molecule has 0 aliphatic rings. The maximum absolute atomic E-state index is 5.35. The van der Waals surface area contributed by atoms with Gasteiger partial charge < -0.3 is 4.74 Å². The lowest BCUT2D eigenvalue weighted by molar-refractivity contribution is 0.415. The van der Waals surface area contributed by atoms with E-state index in [-0.39, 0.29) is 5.41 Å². The molecule has 2 nitrogen and oxygen atoms in total. The predicted octanol–water partition coefficient (Wildman–Crippen LogP) is 5.21. The Balaban J connectivity index is 2.31. The van der Waals surface area contributed by atoms with Crippen molar-refractivity contribution in [2.24, 2.45) is 0 Å². The molecular formula is C20H21NO. The van der Waals surface area contributed by atoms with Crippen LogP contribution in [0.3, 0.4) is 0 Å². The summed E-state index contributed by atoms with van der Waals surface area (Å²) >= 11 is 0. The minimum absolute atomic E-state index is 0.0549. The summed E-state index contributed by atoms with van der Waals surface area (Å²) in [6, 6.07) is 18.6. The first kappa shape index (κ1) is 14.6. The van der Waals surface area contributed by atoms with Crippen LogP contribution >= 0.6 is 0 Å². The molecule has 0 saturated carbocycles. The standard InChI is InChI=1S/C20H21NO/c1-20(2,3)17-13-18(14-8-6-5-7-9-14)21-19-12-15(22-4)10-11-16(17)19/h5-13H,1-4H3. The van der Waals surface area contributed by atoms with Gasteiger partial charge in [-0.15, -0.1) is 0 Å². The monoisotopic (exact) mass is 291 g/mol. The van der Waals surface area contributed by atoms with Gasteiger partial charge >= 0.3 is 0 Å². The van der Waals surface area contributed by atoms with E-state index in [0.29, 0.717) is 0 Å². The molecule has 3 aromatic rings. The lowest BCUT2D eigenvalue weighted by atomic mass is 9.84. The Labute approximate surface area is 131 Å². The second kappa shape index (κ2) is 5.45. The highest BCUT2D eigenvalue weighted by Crippen LogP contribution is 2.34. The van der Waals surface area contributed by atoms with Crippen molar-refractivity contribution in [2.45, 2.75) is 26.2 Å². The molecule has 0 N–H and O–H groups in total. The third-order valence-corrected chi connectivity index (χ3v) is 3.89. The summed E-state index contributed by atoms with van der Waals surface area (Å²) in [5.74, 6) is 0.838. The maximum atomic E-state index is 5.35. The molecule has 0 fully saturated rings. The Kier molecular flexibility index (Phi) is 3.61. The van der Waals surface area contributed by atoms with E-state index in [9.17, 15) is 0 Å². The maximum Gasteiger partial charge on any atom is 0.121 e. The van der Waals surface area contributed by atoms with Crippen LogP contribution in [0.1, 0.15) is 26.3 Å². The van der Waals surface area contributed by atoms with Crippen LogP contribution in [-0.2, 0) is 5.41 Å². The largest absolute Gasteiger partial charge is 0.497 e. The number of aromatic nitrogens is 1. The van der Waals surface area contributed by atoms with E-state index in [2.05, 4.69) is 45.0 Å². The Morgan fingerprint density at radius 1 is 0.909 bits per heavy atom. The zero-order valence-corrected chi connectivity index (χ0v) is 13.6. The molecule has 0 amide bonds. The summed E-state index contributed by atoms with van der Waals surface area (Å²) in [7, 11) is 1.69. The zero-order valence-electron chi connectivity index (χ0n) is 13.6. The molecule has 0 aliphatic carbocycles. The van der Waals surface area contributed by atoms with Crippen molar-refractivity contribution in [3.05, 3.63) is 60.2 Å². The van der Waals surface area contributed by atoms with Crippen molar-refractivity contribution in [3.8, 4) is 17.0 Å². The molecule has 0 atom stereocenters. The number of methoxy groups -OCH3 is 1. The number of nitrogens with zero attached hydrogens (tertiary/aromatic N) is 1. The number of hydrogen-bond acceptors (Lipinski definition) is 2. The summed E-state index contributed by atoms with van der Waals surface area (Å²) in [6.07, 6.45) is 0. The lowest BCUT2D eigenvalue weighted by Gasteiger charge is -2.22. The van der Waals surface area contributed by atoms with Crippen molar-refractivity contribution in [2.75, 3.05) is 7.11 Å². The van der Waals surface area contributed by atoms with Crippen LogP contribution in [0.2, 0.25) is 0 Å². The van der Waals surface area contributed by atoms with Crippen LogP contribution in [-0.4, -0.2) is 12.1 Å². The van der Waals surface area contributed by atoms with Crippen molar-refractivity contribution >= 4 is 10.9 Å². The van der Waals surface area contributed by atoms with Gasteiger partial charge in [0.1, 0.15) is 5.75 Å². The van der Waals surface area contributed by atoms with Gasteiger partial charge in [0.25, 0.3) is 0 Å². The second-order valence-electron chi connectivity index (χ2n) is 6.55. The van der Waals surface area contributed by atoms with Crippen LogP contribution in [0.5, 0.6) is 5.75 Å². The van der Waals surface area contributed by atoms with Gasteiger partial charge in [0.2, 0.25) is 0 Å². The van der Waals surface area contributed by atoms with Crippen molar-refractivity contribution < 1.29 is 4.74 Å². The third-order valence-electron chi connectivity index (χ3n) is 3.89. The first-order valence-electron chi connectivity index (χ1n) is 7.54. The number of rotatable bonds is 2. The normalized spacial score (nSPS) is 11.6. The van der Waals surface area contributed by atoms with E-state index in [1.807, 2.05) is 30.3 Å². The molecule has 2 heteroatoms. The van der Waals surface area contributed by atoms with Crippen LogP contribution in [0, 0.1) is 0 Å². The van der Waals surface area contributed by atoms with Gasteiger partial charge in [0.15, 0.2) is 0 Å². The highest BCUT2D eigenvalue weighted by molar-refractivity contribution is 5.87. The quantitative estimate of drug-likeness (QED) is 0.646. The first-order valence-corrected chi connectivity index (χ1v) is 7.54. The molecule has 0 bridgehead atoms. The van der Waals surface area contributed by atoms with E-state index in [4.69, 9.17) is 9.72 Å². The number of ether oxygens (including phenoxy) is 1. The zero-order chi connectivity index (χ0) is 15.7. The summed E-state index contributed by atoms with van der Waals surface area (Å²) in [6.45, 7) is 6.71. The molecule has 2 aromatic carbocycles. The van der Waals surface area contributed by atoms with Crippen molar-refractivity contribution in [1.82, 2.24) is 4.98 Å². The van der Waals surface area contributed by atoms with Crippen LogP contribution in [0.15, 0.2) is 54.6 Å². The highest BCUT2D eigenvalue weighted by atomic mass is 16.5. The molecule has 0 saturated heterocycles. The fourth-order valence-electron chi connectivity index (χ4n) is 2.71. The number of benzene rings is 2. The fourth-order valence-corrected chi connectivity index (χ4v) is 2.71. The third kappa shape index (κ3) is 2.69. The molecule has 1 heterocycles. The van der Waals surface area contributed by atoms with Crippen LogP contribution in [0.25, 0.3) is 22.2 Å². The highest BCUT2D eigenvalue weighted by Gasteiger charge is 2.19. The van der Waals surface area contributed by atoms with Gasteiger partial charge in [-0.1, -0.05) is 51.1 Å². The SMILES string of the molecule is COc1ccc2c(C(C)(C)C)cc(-c3ccccc3)nc2c1. The van der Waals surface area contributed by atoms with E-state index < -0.39 is 0 Å². The van der Waals surface area contributed by atoms with E-state index in [1.165, 1.54) is 10.9 Å². The minimum Gasteiger partial charge on any atom is -0.497 e. The molecule has 0 unspecified atom stereocenters. The average Bonchev–Trinajstić information content (AvgIpc) is 2.53. The summed E-state index contributed by atoms with van der Waals surface area (Å²) in [4.78, 5) is 4.85. The Bertz CT molecular complexity index is 801. The van der Waals surface area contributed by atoms with Gasteiger partial charge in [-0.05, 0) is 29.2 Å². The van der Waals surface area contributed by atoms with Crippen LogP contribution in [0.4, 0.5) is 0 Å². The molecule has 112 valence electrons. The second-order valence-corrected chi connectivity index (χ2v) is 6.55. The van der Waals surface area contributed by atoms with Gasteiger partial charge in [-0.25, -0.2) is 4.98 Å². The van der Waals surface area contributed by atoms with E-state index in [1.54, 1.807) is 7.11 Å². The molecule has 0 aliphatic heterocycles. The first-order chi connectivity index (χ1) is 10.5. The predicted molar refractivity (Wildman–Crippen MR) is 92.4 cm³/mol. The van der Waals surface area contributed by atoms with Gasteiger partial charge in [0.05, 0.1) is 18.3 Å². The molecule has 0 radical (unpaired) electrons. The topological polar surface area (TPSA) is 22.1 Å². The Hall–Kier alpha value is -2.35. The fraction of sp³-hybridized carbons (Fsp3) is 0.250. The lowest BCUT2D eigenvalue weighted by Crippen LogP contribution is -2.12. The molecule has 0 spiro atoms. The number of pyridine rings is 1. The summed E-state index contributed by atoms with van der Waals surface area (Å²) in [5, 5.41) is 1.19. The Morgan fingerprint density at radius 3 is 2.27 bits per heavy atom. The Morgan fingerprint density at radius 2 is 1.64 bits per heavy atom. The van der Waals surface area contributed by atoms with Crippen LogP contribution < -0.4 is 4.74 Å². The minimum atomic E-state index is 0.0549. The summed E-state index contributed by atoms with van der Waals surface area (Å²) < 4.78 is 5.35. The smallest absolute Gasteiger partial charge is 0.121 e. The molecule has 1 aromatic heterocycles.